The second-order valence-electron chi connectivity index (χ2n) is 7.65. The third kappa shape index (κ3) is 5.45. The molecule has 0 aliphatic carbocycles. The van der Waals surface area contributed by atoms with E-state index in [0.29, 0.717) is 57.6 Å². The number of morpholine rings is 1. The van der Waals surface area contributed by atoms with E-state index < -0.39 is 0 Å². The summed E-state index contributed by atoms with van der Waals surface area (Å²) in [5.41, 5.74) is 0. The van der Waals surface area contributed by atoms with Crippen molar-refractivity contribution < 1.29 is 14.3 Å². The fourth-order valence-corrected chi connectivity index (χ4v) is 3.34. The van der Waals surface area contributed by atoms with Crippen molar-refractivity contribution in [1.29, 1.82) is 0 Å². The van der Waals surface area contributed by atoms with Crippen LogP contribution < -0.4 is 0 Å². The zero-order valence-electron chi connectivity index (χ0n) is 15.7. The van der Waals surface area contributed by atoms with Crippen molar-refractivity contribution in [3.63, 3.8) is 0 Å². The number of rotatable bonds is 5. The zero-order chi connectivity index (χ0) is 17.7. The first-order valence-corrected chi connectivity index (χ1v) is 9.28. The van der Waals surface area contributed by atoms with Crippen molar-refractivity contribution in [1.82, 2.24) is 14.7 Å². The van der Waals surface area contributed by atoms with Crippen molar-refractivity contribution in [2.75, 3.05) is 45.9 Å². The Labute approximate surface area is 146 Å². The first-order chi connectivity index (χ1) is 11.4. The van der Waals surface area contributed by atoms with E-state index in [0.717, 1.165) is 13.1 Å². The van der Waals surface area contributed by atoms with Gasteiger partial charge in [0.25, 0.3) is 0 Å². The number of carbonyl (C=O) groups is 2. The van der Waals surface area contributed by atoms with Crippen LogP contribution in [0.25, 0.3) is 0 Å². The highest BCUT2D eigenvalue weighted by atomic mass is 16.5. The molecule has 2 heterocycles. The van der Waals surface area contributed by atoms with Crippen LogP contribution in [-0.2, 0) is 14.3 Å². The van der Waals surface area contributed by atoms with Crippen LogP contribution in [0.2, 0.25) is 0 Å². The lowest BCUT2D eigenvalue weighted by Crippen LogP contribution is -2.52. The van der Waals surface area contributed by atoms with Gasteiger partial charge in [-0.1, -0.05) is 13.8 Å². The first kappa shape index (κ1) is 19.2. The summed E-state index contributed by atoms with van der Waals surface area (Å²) in [7, 11) is 0. The predicted molar refractivity (Wildman–Crippen MR) is 93.7 cm³/mol. The Kier molecular flexibility index (Phi) is 7.04. The lowest BCUT2D eigenvalue weighted by atomic mass is 10.1. The van der Waals surface area contributed by atoms with Gasteiger partial charge in [0, 0.05) is 51.7 Å². The van der Waals surface area contributed by atoms with Crippen LogP contribution >= 0.6 is 0 Å². The summed E-state index contributed by atoms with van der Waals surface area (Å²) in [4.78, 5) is 30.8. The van der Waals surface area contributed by atoms with E-state index in [1.165, 1.54) is 0 Å². The van der Waals surface area contributed by atoms with Gasteiger partial charge in [-0.25, -0.2) is 0 Å². The molecule has 0 spiro atoms. The van der Waals surface area contributed by atoms with Gasteiger partial charge >= 0.3 is 0 Å². The number of hydrogen-bond acceptors (Lipinski definition) is 4. The summed E-state index contributed by atoms with van der Waals surface area (Å²) in [6.45, 7) is 13.5. The quantitative estimate of drug-likeness (QED) is 0.755. The van der Waals surface area contributed by atoms with Crippen molar-refractivity contribution in [2.24, 2.45) is 5.92 Å². The third-order valence-electron chi connectivity index (χ3n) is 4.87. The molecular weight excluding hydrogens is 306 g/mol. The predicted octanol–water partition coefficient (Wildman–Crippen LogP) is 1.20. The Morgan fingerprint density at radius 2 is 1.54 bits per heavy atom. The highest BCUT2D eigenvalue weighted by Crippen LogP contribution is 2.14. The van der Waals surface area contributed by atoms with E-state index in [-0.39, 0.29) is 17.9 Å². The number of hydrogen-bond donors (Lipinski definition) is 0. The minimum Gasteiger partial charge on any atom is -0.375 e. The molecule has 0 N–H and O–H groups in total. The minimum atomic E-state index is -0.00532. The van der Waals surface area contributed by atoms with E-state index in [4.69, 9.17) is 4.74 Å². The Morgan fingerprint density at radius 3 is 2.08 bits per heavy atom. The maximum Gasteiger partial charge on any atom is 0.225 e. The summed E-state index contributed by atoms with van der Waals surface area (Å²) in [6, 6.07) is 0.488. The molecule has 1 unspecified atom stereocenters. The molecule has 2 aliphatic heterocycles. The molecule has 2 amide bonds. The molecule has 0 saturated carbocycles. The molecule has 0 aromatic rings. The van der Waals surface area contributed by atoms with E-state index in [1.807, 2.05) is 9.80 Å². The van der Waals surface area contributed by atoms with Gasteiger partial charge in [-0.15, -0.1) is 0 Å². The first-order valence-electron chi connectivity index (χ1n) is 9.28. The van der Waals surface area contributed by atoms with Crippen molar-refractivity contribution in [3.05, 3.63) is 0 Å². The molecule has 6 nitrogen and oxygen atoms in total. The average Bonchev–Trinajstić information content (AvgIpc) is 2.54. The third-order valence-corrected chi connectivity index (χ3v) is 4.87. The molecular formula is C18H33N3O3. The van der Waals surface area contributed by atoms with E-state index in [2.05, 4.69) is 32.6 Å². The summed E-state index contributed by atoms with van der Waals surface area (Å²) in [5, 5.41) is 0. The molecule has 2 fully saturated rings. The number of nitrogens with zero attached hydrogens (tertiary/aromatic N) is 3. The smallest absolute Gasteiger partial charge is 0.225 e. The van der Waals surface area contributed by atoms with E-state index in [9.17, 15) is 9.59 Å². The number of piperazine rings is 1. The van der Waals surface area contributed by atoms with Gasteiger partial charge in [-0.3, -0.25) is 14.5 Å². The largest absolute Gasteiger partial charge is 0.375 e. The van der Waals surface area contributed by atoms with Crippen LogP contribution in [-0.4, -0.2) is 84.5 Å². The van der Waals surface area contributed by atoms with Crippen LogP contribution in [0.4, 0.5) is 0 Å². The lowest BCUT2D eigenvalue weighted by molar-refractivity contribution is -0.143. The molecule has 24 heavy (non-hydrogen) atoms. The second kappa shape index (κ2) is 8.81. The summed E-state index contributed by atoms with van der Waals surface area (Å²) < 4.78 is 5.77. The van der Waals surface area contributed by atoms with Crippen LogP contribution in [0, 0.1) is 5.92 Å². The van der Waals surface area contributed by atoms with Gasteiger partial charge in [0.15, 0.2) is 0 Å². The molecule has 0 aromatic carbocycles. The maximum atomic E-state index is 12.5. The molecule has 6 heteroatoms. The molecule has 2 saturated heterocycles. The Morgan fingerprint density at radius 1 is 0.958 bits per heavy atom. The monoisotopic (exact) mass is 339 g/mol. The Hall–Kier alpha value is -1.14. The lowest BCUT2D eigenvalue weighted by Gasteiger charge is -2.38. The van der Waals surface area contributed by atoms with Crippen molar-refractivity contribution >= 4 is 11.8 Å². The highest BCUT2D eigenvalue weighted by Gasteiger charge is 2.29. The molecule has 0 bridgehead atoms. The Balaban J connectivity index is 1.75. The van der Waals surface area contributed by atoms with Gasteiger partial charge < -0.3 is 14.5 Å². The van der Waals surface area contributed by atoms with E-state index >= 15 is 0 Å². The summed E-state index contributed by atoms with van der Waals surface area (Å²) >= 11 is 0. The van der Waals surface area contributed by atoms with Crippen LogP contribution in [0.3, 0.4) is 0 Å². The van der Waals surface area contributed by atoms with E-state index in [1.54, 1.807) is 0 Å². The SMILES string of the molecule is CC(C)CC(=O)N1CCN(C(=O)CC2CN(C(C)C)CCO2)CC1. The topological polar surface area (TPSA) is 53.1 Å². The standard InChI is InChI=1S/C18H33N3O3/c1-14(2)11-17(22)19-5-7-20(8-6-19)18(23)12-16-13-21(15(3)4)9-10-24-16/h14-16H,5-13H2,1-4H3. The zero-order valence-corrected chi connectivity index (χ0v) is 15.7. The highest BCUT2D eigenvalue weighted by molar-refractivity contribution is 5.78. The molecule has 2 rings (SSSR count). The molecule has 1 atom stereocenters. The Bertz CT molecular complexity index is 431. The van der Waals surface area contributed by atoms with Gasteiger partial charge in [0.05, 0.1) is 19.1 Å². The van der Waals surface area contributed by atoms with Crippen LogP contribution in [0.15, 0.2) is 0 Å². The fourth-order valence-electron chi connectivity index (χ4n) is 3.34. The van der Waals surface area contributed by atoms with Crippen LogP contribution in [0.5, 0.6) is 0 Å². The molecule has 0 radical (unpaired) electrons. The van der Waals surface area contributed by atoms with Crippen molar-refractivity contribution in [2.45, 2.75) is 52.7 Å². The summed E-state index contributed by atoms with van der Waals surface area (Å²) in [5.74, 6) is 0.742. The second-order valence-corrected chi connectivity index (χ2v) is 7.65. The summed E-state index contributed by atoms with van der Waals surface area (Å²) in [6.07, 6.45) is 1.03. The number of carbonyl (C=O) groups excluding carboxylic acids is 2. The number of amides is 2. The van der Waals surface area contributed by atoms with Gasteiger partial charge in [0.1, 0.15) is 0 Å². The fraction of sp³-hybridized carbons (Fsp3) is 0.889. The molecule has 0 aromatic heterocycles. The molecule has 138 valence electrons. The van der Waals surface area contributed by atoms with Crippen LogP contribution in [0.1, 0.15) is 40.5 Å². The maximum absolute atomic E-state index is 12.5. The average molecular weight is 339 g/mol. The number of ether oxygens (including phenoxy) is 1. The molecule has 2 aliphatic rings. The normalized spacial score (nSPS) is 23.2. The minimum absolute atomic E-state index is 0.00532. The van der Waals surface area contributed by atoms with Gasteiger partial charge in [0.2, 0.25) is 11.8 Å². The van der Waals surface area contributed by atoms with Gasteiger partial charge in [-0.2, -0.15) is 0 Å². The van der Waals surface area contributed by atoms with Gasteiger partial charge in [-0.05, 0) is 19.8 Å². The van der Waals surface area contributed by atoms with Crippen molar-refractivity contribution in [3.8, 4) is 0 Å².